The Morgan fingerprint density at radius 1 is 1.26 bits per heavy atom. The number of fused-ring (bicyclic) bond motifs is 2. The highest BCUT2D eigenvalue weighted by molar-refractivity contribution is 5.97. The Kier molecular flexibility index (Phi) is 3.63. The Hall–Kier alpha value is -2.70. The maximum atomic E-state index is 12.5. The van der Waals surface area contributed by atoms with E-state index in [9.17, 15) is 24.8 Å². The molecule has 1 saturated carbocycles. The van der Waals surface area contributed by atoms with E-state index >= 15 is 0 Å². The first kappa shape index (κ1) is 15.2. The third-order valence-electron chi connectivity index (χ3n) is 4.73. The lowest BCUT2D eigenvalue weighted by atomic mass is 9.82. The average molecular weight is 316 g/mol. The molecule has 4 unspecified atom stereocenters. The highest BCUT2D eigenvalue weighted by Gasteiger charge is 2.51. The van der Waals surface area contributed by atoms with Crippen molar-refractivity contribution in [3.8, 4) is 0 Å². The van der Waals surface area contributed by atoms with Crippen molar-refractivity contribution in [3.63, 3.8) is 0 Å². The SMILES string of the molecule is Cc1cc([N+](=O)[O-])ccc1NC(=O)C1C2C=CC(C2)C1C(=O)O. The van der Waals surface area contributed by atoms with E-state index in [1.807, 2.05) is 12.2 Å². The molecule has 3 rings (SSSR count). The van der Waals surface area contributed by atoms with Crippen molar-refractivity contribution in [3.05, 3.63) is 46.0 Å². The summed E-state index contributed by atoms with van der Waals surface area (Å²) >= 11 is 0. The van der Waals surface area contributed by atoms with Crippen LogP contribution in [0.1, 0.15) is 12.0 Å². The van der Waals surface area contributed by atoms with Gasteiger partial charge in [0.25, 0.3) is 5.69 Å². The van der Waals surface area contributed by atoms with Crippen LogP contribution in [0.15, 0.2) is 30.4 Å². The van der Waals surface area contributed by atoms with Gasteiger partial charge in [-0.2, -0.15) is 0 Å². The lowest BCUT2D eigenvalue weighted by Crippen LogP contribution is -2.36. The van der Waals surface area contributed by atoms with Gasteiger partial charge < -0.3 is 10.4 Å². The summed E-state index contributed by atoms with van der Waals surface area (Å²) in [5.74, 6) is -2.75. The van der Waals surface area contributed by atoms with Crippen LogP contribution in [0.4, 0.5) is 11.4 Å². The number of anilines is 1. The van der Waals surface area contributed by atoms with Crippen LogP contribution in [-0.4, -0.2) is 21.9 Å². The topological polar surface area (TPSA) is 110 Å². The fourth-order valence-electron chi connectivity index (χ4n) is 3.63. The van der Waals surface area contributed by atoms with Crippen LogP contribution in [0.2, 0.25) is 0 Å². The molecule has 1 aromatic rings. The molecule has 0 aliphatic heterocycles. The summed E-state index contributed by atoms with van der Waals surface area (Å²) in [5.41, 5.74) is 0.987. The van der Waals surface area contributed by atoms with Gasteiger partial charge in [-0.25, -0.2) is 0 Å². The number of nitro benzene ring substituents is 1. The van der Waals surface area contributed by atoms with E-state index in [0.29, 0.717) is 17.7 Å². The van der Waals surface area contributed by atoms with Crippen molar-refractivity contribution in [1.82, 2.24) is 0 Å². The molecule has 7 heteroatoms. The van der Waals surface area contributed by atoms with Crippen molar-refractivity contribution in [2.24, 2.45) is 23.7 Å². The quantitative estimate of drug-likeness (QED) is 0.503. The highest BCUT2D eigenvalue weighted by atomic mass is 16.6. The van der Waals surface area contributed by atoms with Crippen LogP contribution in [0, 0.1) is 40.7 Å². The fourth-order valence-corrected chi connectivity index (χ4v) is 3.63. The number of allylic oxidation sites excluding steroid dienone is 2. The first-order valence-corrected chi connectivity index (χ1v) is 7.35. The third kappa shape index (κ3) is 2.58. The van der Waals surface area contributed by atoms with E-state index in [1.165, 1.54) is 18.2 Å². The average Bonchev–Trinajstić information content (AvgIpc) is 3.09. The maximum Gasteiger partial charge on any atom is 0.307 e. The first-order chi connectivity index (χ1) is 10.9. The molecule has 0 aromatic heterocycles. The van der Waals surface area contributed by atoms with Crippen molar-refractivity contribution in [2.45, 2.75) is 13.3 Å². The molecule has 0 radical (unpaired) electrons. The fraction of sp³-hybridized carbons (Fsp3) is 0.375. The van der Waals surface area contributed by atoms with Crippen molar-refractivity contribution >= 4 is 23.3 Å². The molecule has 1 fully saturated rings. The number of benzene rings is 1. The molecular weight excluding hydrogens is 300 g/mol. The van der Waals surface area contributed by atoms with Gasteiger partial charge in [0.2, 0.25) is 5.91 Å². The minimum absolute atomic E-state index is 0.0493. The zero-order chi connectivity index (χ0) is 16.7. The zero-order valence-corrected chi connectivity index (χ0v) is 12.4. The normalized spacial score (nSPS) is 27.9. The second-order valence-electron chi connectivity index (χ2n) is 6.08. The van der Waals surface area contributed by atoms with Gasteiger partial charge in [-0.05, 0) is 36.8 Å². The summed E-state index contributed by atoms with van der Waals surface area (Å²) in [6.45, 7) is 1.66. The number of nitrogens with zero attached hydrogens (tertiary/aromatic N) is 1. The first-order valence-electron chi connectivity index (χ1n) is 7.35. The minimum atomic E-state index is -0.956. The summed E-state index contributed by atoms with van der Waals surface area (Å²) in [6.07, 6.45) is 4.48. The van der Waals surface area contributed by atoms with E-state index in [4.69, 9.17) is 0 Å². The number of hydrogen-bond acceptors (Lipinski definition) is 4. The number of rotatable bonds is 4. The molecular formula is C16H16N2O5. The number of carbonyl (C=O) groups excluding carboxylic acids is 1. The smallest absolute Gasteiger partial charge is 0.307 e. The van der Waals surface area contributed by atoms with Crippen LogP contribution in [0.3, 0.4) is 0 Å². The Labute approximate surface area is 132 Å². The van der Waals surface area contributed by atoms with Crippen LogP contribution < -0.4 is 5.32 Å². The van der Waals surface area contributed by atoms with Gasteiger partial charge >= 0.3 is 5.97 Å². The number of carboxylic acids is 1. The molecule has 2 aliphatic rings. The van der Waals surface area contributed by atoms with Gasteiger partial charge in [-0.3, -0.25) is 19.7 Å². The Morgan fingerprint density at radius 2 is 1.91 bits per heavy atom. The number of non-ortho nitro benzene ring substituents is 1. The van der Waals surface area contributed by atoms with E-state index in [-0.39, 0.29) is 23.4 Å². The predicted molar refractivity (Wildman–Crippen MR) is 81.8 cm³/mol. The number of hydrogen-bond donors (Lipinski definition) is 2. The third-order valence-corrected chi connectivity index (χ3v) is 4.73. The van der Waals surface area contributed by atoms with Gasteiger partial charge in [-0.1, -0.05) is 12.2 Å². The molecule has 0 spiro atoms. The highest BCUT2D eigenvalue weighted by Crippen LogP contribution is 2.48. The molecule has 0 heterocycles. The maximum absolute atomic E-state index is 12.5. The summed E-state index contributed by atoms with van der Waals surface area (Å²) in [7, 11) is 0. The van der Waals surface area contributed by atoms with Crippen molar-refractivity contribution in [1.29, 1.82) is 0 Å². The van der Waals surface area contributed by atoms with E-state index in [0.717, 1.165) is 0 Å². The Morgan fingerprint density at radius 3 is 2.48 bits per heavy atom. The van der Waals surface area contributed by atoms with Gasteiger partial charge in [0.05, 0.1) is 16.8 Å². The summed E-state index contributed by atoms with van der Waals surface area (Å²) in [5, 5.41) is 22.9. The summed E-state index contributed by atoms with van der Waals surface area (Å²) in [4.78, 5) is 34.3. The molecule has 1 amide bonds. The Balaban J connectivity index is 1.81. The second-order valence-corrected chi connectivity index (χ2v) is 6.08. The van der Waals surface area contributed by atoms with E-state index in [1.54, 1.807) is 6.92 Å². The number of carboxylic acid groups (broad SMARTS) is 1. The molecule has 7 nitrogen and oxygen atoms in total. The number of aliphatic carboxylic acids is 1. The number of nitrogens with one attached hydrogen (secondary N) is 1. The lowest BCUT2D eigenvalue weighted by molar-refractivity contribution is -0.384. The van der Waals surface area contributed by atoms with Crippen LogP contribution >= 0.6 is 0 Å². The molecule has 1 aromatic carbocycles. The molecule has 2 N–H and O–H groups in total. The van der Waals surface area contributed by atoms with Gasteiger partial charge in [0, 0.05) is 17.8 Å². The van der Waals surface area contributed by atoms with E-state index in [2.05, 4.69) is 5.32 Å². The molecule has 120 valence electrons. The van der Waals surface area contributed by atoms with Crippen LogP contribution in [0.25, 0.3) is 0 Å². The lowest BCUT2D eigenvalue weighted by Gasteiger charge is -2.24. The van der Waals surface area contributed by atoms with E-state index < -0.39 is 22.7 Å². The molecule has 4 atom stereocenters. The number of aryl methyl sites for hydroxylation is 1. The molecule has 2 bridgehead atoms. The molecule has 2 aliphatic carbocycles. The monoisotopic (exact) mass is 316 g/mol. The largest absolute Gasteiger partial charge is 0.481 e. The van der Waals surface area contributed by atoms with Gasteiger partial charge in [0.1, 0.15) is 0 Å². The Bertz CT molecular complexity index is 727. The second kappa shape index (κ2) is 5.49. The zero-order valence-electron chi connectivity index (χ0n) is 12.4. The number of carbonyl (C=O) groups is 2. The minimum Gasteiger partial charge on any atom is -0.481 e. The standard InChI is InChI=1S/C16H16N2O5/c1-8-6-11(18(22)23)4-5-12(8)17-15(19)13-9-2-3-10(7-9)14(13)16(20)21/h2-6,9-10,13-14H,7H2,1H3,(H,17,19)(H,20,21). The number of nitro groups is 1. The van der Waals surface area contributed by atoms with Crippen LogP contribution in [0.5, 0.6) is 0 Å². The number of amides is 1. The van der Waals surface area contributed by atoms with Crippen LogP contribution in [-0.2, 0) is 9.59 Å². The molecule has 23 heavy (non-hydrogen) atoms. The summed E-state index contributed by atoms with van der Waals surface area (Å²) < 4.78 is 0. The van der Waals surface area contributed by atoms with Crippen molar-refractivity contribution in [2.75, 3.05) is 5.32 Å². The van der Waals surface area contributed by atoms with Crippen molar-refractivity contribution < 1.29 is 19.6 Å². The van der Waals surface area contributed by atoms with Gasteiger partial charge in [-0.15, -0.1) is 0 Å². The van der Waals surface area contributed by atoms with Gasteiger partial charge in [0.15, 0.2) is 0 Å². The predicted octanol–water partition coefficient (Wildman–Crippen LogP) is 2.36. The molecule has 0 saturated heterocycles. The summed E-state index contributed by atoms with van der Waals surface area (Å²) in [6, 6.07) is 4.17.